The molecule has 0 aliphatic rings. The lowest BCUT2D eigenvalue weighted by Gasteiger charge is -2.65. The molecule has 1 rings (SSSR count). The Labute approximate surface area is 183 Å². The van der Waals surface area contributed by atoms with Crippen molar-refractivity contribution in [3.8, 4) is 0 Å². The zero-order valence-electron chi connectivity index (χ0n) is 19.4. The van der Waals surface area contributed by atoms with E-state index in [4.69, 9.17) is 0 Å². The topological polar surface area (TPSA) is 0 Å². The van der Waals surface area contributed by atoms with Gasteiger partial charge in [0.25, 0.3) is 0 Å². The summed E-state index contributed by atoms with van der Waals surface area (Å²) in [6.07, 6.45) is 0. The minimum atomic E-state index is -1.79. The van der Waals surface area contributed by atoms with E-state index in [1.807, 2.05) is 0 Å². The van der Waals surface area contributed by atoms with Gasteiger partial charge in [0, 0.05) is 50.4 Å². The van der Waals surface area contributed by atoms with Crippen LogP contribution in [0.2, 0.25) is 29.7 Å². The molecule has 1 aromatic carbocycles. The zero-order valence-corrected chi connectivity index (χ0v) is 26.4. The van der Waals surface area contributed by atoms with Crippen LogP contribution in [0.4, 0.5) is 0 Å². The van der Waals surface area contributed by atoms with Gasteiger partial charge in [-0.1, -0.05) is 105 Å². The summed E-state index contributed by atoms with van der Waals surface area (Å²) in [5.74, 6) is 0. The first-order valence-corrected chi connectivity index (χ1v) is 26.4. The Balaban J connectivity index is 3.90. The maximum atomic E-state index is 3.97. The van der Waals surface area contributed by atoms with Crippen molar-refractivity contribution >= 4 is 58.0 Å². The van der Waals surface area contributed by atoms with Crippen LogP contribution in [0.25, 0.3) is 0 Å². The fourth-order valence-corrected chi connectivity index (χ4v) is 108. The van der Waals surface area contributed by atoms with Crippen LogP contribution in [-0.4, -0.2) is 58.0 Å². The molecule has 0 bridgehead atoms. The number of hydrogen-bond acceptors (Lipinski definition) is 0. The highest BCUT2D eigenvalue weighted by molar-refractivity contribution is 7.85. The van der Waals surface area contributed by atoms with E-state index < -0.39 is 22.5 Å². The van der Waals surface area contributed by atoms with Gasteiger partial charge >= 0.3 is 0 Å². The minimum Gasteiger partial charge on any atom is -0.0721 e. The van der Waals surface area contributed by atoms with Gasteiger partial charge < -0.3 is 0 Å². The lowest BCUT2D eigenvalue weighted by molar-refractivity contribution is 0.552. The predicted molar refractivity (Wildman–Crippen MR) is 137 cm³/mol. The summed E-state index contributed by atoms with van der Waals surface area (Å²) < 4.78 is 0. The number of rotatable bonds is 7. The van der Waals surface area contributed by atoms with E-state index in [0.717, 1.165) is 17.1 Å². The van der Waals surface area contributed by atoms with Gasteiger partial charge in [0.05, 0.1) is 7.59 Å². The second-order valence-corrected chi connectivity index (χ2v) is 47.7. The highest BCUT2D eigenvalue weighted by atomic mass is 30.1. The molecule has 0 saturated heterocycles. The molecule has 7 heteroatoms. The van der Waals surface area contributed by atoms with E-state index in [2.05, 4.69) is 115 Å². The molecule has 10 radical (unpaired) electrons. The van der Waals surface area contributed by atoms with Crippen LogP contribution < -0.4 is 0 Å². The first-order valence-electron chi connectivity index (χ1n) is 9.91. The summed E-state index contributed by atoms with van der Waals surface area (Å²) in [6, 6.07) is 11.5. The van der Waals surface area contributed by atoms with Crippen molar-refractivity contribution < 1.29 is 0 Å². The van der Waals surface area contributed by atoms with Gasteiger partial charge in [-0.05, 0) is 20.7 Å². The maximum Gasteiger partial charge on any atom is 0.0594 e. The molecule has 0 atom stereocenters. The van der Waals surface area contributed by atoms with E-state index in [-0.39, 0.29) is 5.04 Å². The van der Waals surface area contributed by atoms with Crippen LogP contribution >= 0.6 is 0 Å². The average Bonchev–Trinajstić information content (AvgIpc) is 2.43. The van der Waals surface area contributed by atoms with Crippen molar-refractivity contribution in [2.24, 2.45) is 0 Å². The molecule has 0 N–H and O–H groups in total. The van der Waals surface area contributed by atoms with E-state index in [9.17, 15) is 0 Å². The Morgan fingerprint density at radius 3 is 1.59 bits per heavy atom. The highest BCUT2D eigenvalue weighted by Crippen LogP contribution is 2.60. The summed E-state index contributed by atoms with van der Waals surface area (Å²) in [6.45, 7) is 28.6. The van der Waals surface area contributed by atoms with Gasteiger partial charge in [0.1, 0.15) is 0 Å². The molecule has 1 aromatic rings. The third-order valence-corrected chi connectivity index (χ3v) is 63.3. The van der Waals surface area contributed by atoms with E-state index in [1.54, 1.807) is 5.56 Å². The Hall–Kier alpha value is 0.738. The Morgan fingerprint density at radius 2 is 1.26 bits per heavy atom. The normalized spacial score (nSPS) is 14.7. The van der Waals surface area contributed by atoms with E-state index >= 15 is 0 Å². The lowest BCUT2D eigenvalue weighted by Crippen LogP contribution is -2.79. The van der Waals surface area contributed by atoms with Gasteiger partial charge in [0.15, 0.2) is 0 Å². The summed E-state index contributed by atoms with van der Waals surface area (Å²) in [7, 11) is 3.95. The first-order chi connectivity index (χ1) is 12.0. The molecule has 0 aromatic heterocycles. The molecule has 0 amide bonds. The quantitative estimate of drug-likeness (QED) is 0.484. The minimum absolute atomic E-state index is 0.268. The van der Waals surface area contributed by atoms with Crippen LogP contribution in [0.5, 0.6) is 0 Å². The standard InChI is InChI=1S/C20H38Si7/c1-18(2,3)27(19(4,5)6,25(23-22-21)24-26(9,10)11)20(7,8)17-15-13-12-14-16-17/h12-16H,1-11H3. The summed E-state index contributed by atoms with van der Waals surface area (Å²) in [5, 5.41) is 1.03. The molecule has 0 saturated carbocycles. The van der Waals surface area contributed by atoms with Crippen molar-refractivity contribution in [2.45, 2.75) is 90.1 Å². The van der Waals surface area contributed by atoms with Gasteiger partial charge in [-0.2, -0.15) is 0 Å². The van der Waals surface area contributed by atoms with E-state index in [1.165, 1.54) is 8.55 Å². The number of benzene rings is 1. The van der Waals surface area contributed by atoms with E-state index in [0.29, 0.717) is 10.1 Å². The van der Waals surface area contributed by atoms with Gasteiger partial charge in [0.2, 0.25) is 0 Å². The SMILES string of the molecule is CC(C)(C)[Si]([Si]([Si][Si][Si])[Si][Si](C)(C)C)(C(C)(C)C)C(C)(C)c1ccccc1. The Bertz CT molecular complexity index is 577. The van der Waals surface area contributed by atoms with Crippen molar-refractivity contribution in [2.75, 3.05) is 0 Å². The molecule has 146 valence electrons. The van der Waals surface area contributed by atoms with Crippen molar-refractivity contribution in [3.63, 3.8) is 0 Å². The molecule has 0 aliphatic heterocycles. The first kappa shape index (κ1) is 25.8. The second kappa shape index (κ2) is 8.85. The molecule has 27 heavy (non-hydrogen) atoms. The third-order valence-electron chi connectivity index (χ3n) is 5.75. The van der Waals surface area contributed by atoms with Crippen molar-refractivity contribution in [3.05, 3.63) is 35.9 Å². The van der Waals surface area contributed by atoms with Crippen molar-refractivity contribution in [1.82, 2.24) is 0 Å². The Morgan fingerprint density at radius 1 is 0.815 bits per heavy atom. The summed E-state index contributed by atoms with van der Waals surface area (Å²) in [5.41, 5.74) is 1.58. The van der Waals surface area contributed by atoms with Crippen LogP contribution in [0, 0.1) is 0 Å². The predicted octanol–water partition coefficient (Wildman–Crippen LogP) is 5.07. The van der Waals surface area contributed by atoms with Crippen LogP contribution in [0.3, 0.4) is 0 Å². The van der Waals surface area contributed by atoms with Gasteiger partial charge in [-0.3, -0.25) is 0 Å². The smallest absolute Gasteiger partial charge is 0.0594 e. The van der Waals surface area contributed by atoms with Crippen molar-refractivity contribution in [1.29, 1.82) is 0 Å². The molecule has 0 aliphatic carbocycles. The zero-order chi connectivity index (χ0) is 21.3. The van der Waals surface area contributed by atoms with Gasteiger partial charge in [-0.15, -0.1) is 0 Å². The fraction of sp³-hybridized carbons (Fsp3) is 0.700. The number of hydrogen-bond donors (Lipinski definition) is 0. The molecule has 0 spiro atoms. The third kappa shape index (κ3) is 5.27. The van der Waals surface area contributed by atoms with Crippen LogP contribution in [-0.2, 0) is 5.04 Å². The highest BCUT2D eigenvalue weighted by Gasteiger charge is 2.65. The Kier molecular flexibility index (Phi) is 8.45. The molecule has 0 nitrogen and oxygen atoms in total. The van der Waals surface area contributed by atoms with Gasteiger partial charge in [-0.25, -0.2) is 0 Å². The largest absolute Gasteiger partial charge is 0.0721 e. The molecular weight excluding hydrogens is 437 g/mol. The second-order valence-electron chi connectivity index (χ2n) is 11.2. The van der Waals surface area contributed by atoms with Crippen LogP contribution in [0.15, 0.2) is 30.3 Å². The monoisotopic (exact) mass is 474 g/mol. The maximum absolute atomic E-state index is 3.97. The lowest BCUT2D eigenvalue weighted by atomic mass is 10.0. The van der Waals surface area contributed by atoms with Crippen LogP contribution in [0.1, 0.15) is 61.0 Å². The molecule has 0 unspecified atom stereocenters. The molecular formula is C20H38Si7. The average molecular weight is 475 g/mol. The molecule has 0 fully saturated rings. The fourth-order valence-electron chi connectivity index (χ4n) is 5.79. The summed E-state index contributed by atoms with van der Waals surface area (Å²) >= 11 is 0. The molecule has 0 heterocycles. The summed E-state index contributed by atoms with van der Waals surface area (Å²) in [4.78, 5) is 0.